The number of rotatable bonds is 6. The lowest BCUT2D eigenvalue weighted by Gasteiger charge is -2.21. The first-order valence-corrected chi connectivity index (χ1v) is 9.04. The van der Waals surface area contributed by atoms with Crippen LogP contribution in [0.1, 0.15) is 37.2 Å². The molecule has 0 unspecified atom stereocenters. The summed E-state index contributed by atoms with van der Waals surface area (Å²) in [7, 11) is 0. The van der Waals surface area contributed by atoms with Crippen molar-refractivity contribution in [1.29, 1.82) is 0 Å². The predicted octanol–water partition coefficient (Wildman–Crippen LogP) is 3.65. The van der Waals surface area contributed by atoms with Crippen LogP contribution in [0.3, 0.4) is 0 Å². The van der Waals surface area contributed by atoms with Crippen molar-refractivity contribution in [2.45, 2.75) is 26.7 Å². The SMILES string of the molecule is CCCCN(CC)C(=O)c1nn(-c2ccccc2)c(=O)c2ccccc12. The first-order chi connectivity index (χ1) is 12.7. The molecule has 0 aliphatic carbocycles. The molecule has 3 aromatic rings. The molecule has 3 rings (SSSR count). The van der Waals surface area contributed by atoms with E-state index in [0.29, 0.717) is 35.2 Å². The highest BCUT2D eigenvalue weighted by Gasteiger charge is 2.21. The van der Waals surface area contributed by atoms with Crippen LogP contribution in [-0.2, 0) is 0 Å². The average Bonchev–Trinajstić information content (AvgIpc) is 2.69. The lowest BCUT2D eigenvalue weighted by atomic mass is 10.1. The number of amides is 1. The Labute approximate surface area is 152 Å². The topological polar surface area (TPSA) is 55.2 Å². The van der Waals surface area contributed by atoms with Crippen molar-refractivity contribution in [2.75, 3.05) is 13.1 Å². The molecular weight excluding hydrogens is 326 g/mol. The average molecular weight is 349 g/mol. The fourth-order valence-corrected chi connectivity index (χ4v) is 2.99. The number of fused-ring (bicyclic) bond motifs is 1. The number of hydrogen-bond acceptors (Lipinski definition) is 3. The number of para-hydroxylation sites is 1. The van der Waals surface area contributed by atoms with E-state index in [1.807, 2.05) is 49.4 Å². The fraction of sp³-hybridized carbons (Fsp3) is 0.286. The summed E-state index contributed by atoms with van der Waals surface area (Å²) in [6, 6.07) is 16.4. The van der Waals surface area contributed by atoms with Gasteiger partial charge in [-0.1, -0.05) is 49.7 Å². The predicted molar refractivity (Wildman–Crippen MR) is 104 cm³/mol. The number of carbonyl (C=O) groups excluding carboxylic acids is 1. The zero-order valence-corrected chi connectivity index (χ0v) is 15.2. The third kappa shape index (κ3) is 3.38. The summed E-state index contributed by atoms with van der Waals surface area (Å²) in [6.45, 7) is 5.36. The van der Waals surface area contributed by atoms with Crippen LogP contribution in [0.25, 0.3) is 16.5 Å². The number of unbranched alkanes of at least 4 members (excludes halogenated alkanes) is 1. The largest absolute Gasteiger partial charge is 0.338 e. The van der Waals surface area contributed by atoms with Crippen molar-refractivity contribution in [3.05, 3.63) is 70.6 Å². The Kier molecular flexibility index (Phi) is 5.46. The minimum Gasteiger partial charge on any atom is -0.338 e. The van der Waals surface area contributed by atoms with Gasteiger partial charge in [0.25, 0.3) is 11.5 Å². The summed E-state index contributed by atoms with van der Waals surface area (Å²) in [5, 5.41) is 5.56. The molecule has 0 atom stereocenters. The Bertz CT molecular complexity index is 964. The van der Waals surface area contributed by atoms with E-state index in [0.717, 1.165) is 12.8 Å². The van der Waals surface area contributed by atoms with Gasteiger partial charge in [0, 0.05) is 18.5 Å². The van der Waals surface area contributed by atoms with E-state index in [1.54, 1.807) is 17.0 Å². The van der Waals surface area contributed by atoms with Crippen LogP contribution in [0.15, 0.2) is 59.4 Å². The quantitative estimate of drug-likeness (QED) is 0.682. The minimum atomic E-state index is -0.222. The third-order valence-electron chi connectivity index (χ3n) is 4.46. The summed E-state index contributed by atoms with van der Waals surface area (Å²) >= 11 is 0. The molecule has 5 heteroatoms. The van der Waals surface area contributed by atoms with Gasteiger partial charge in [-0.25, -0.2) is 0 Å². The van der Waals surface area contributed by atoms with Crippen LogP contribution >= 0.6 is 0 Å². The van der Waals surface area contributed by atoms with Gasteiger partial charge in [-0.15, -0.1) is 0 Å². The summed E-state index contributed by atoms with van der Waals surface area (Å²) in [6.07, 6.45) is 1.96. The Hall–Kier alpha value is -2.95. The van der Waals surface area contributed by atoms with E-state index < -0.39 is 0 Å². The van der Waals surface area contributed by atoms with Crippen LogP contribution in [0.4, 0.5) is 0 Å². The maximum Gasteiger partial charge on any atom is 0.279 e. The monoisotopic (exact) mass is 349 g/mol. The van der Waals surface area contributed by atoms with Crippen molar-refractivity contribution < 1.29 is 4.79 Å². The second kappa shape index (κ2) is 7.95. The molecule has 0 saturated heterocycles. The zero-order valence-electron chi connectivity index (χ0n) is 15.2. The second-order valence-corrected chi connectivity index (χ2v) is 6.19. The van der Waals surface area contributed by atoms with Crippen LogP contribution in [0.5, 0.6) is 0 Å². The smallest absolute Gasteiger partial charge is 0.279 e. The molecule has 1 heterocycles. The number of benzene rings is 2. The van der Waals surface area contributed by atoms with E-state index in [-0.39, 0.29) is 11.5 Å². The standard InChI is InChI=1S/C21H23N3O2/c1-3-5-15-23(4-2)21(26)19-17-13-9-10-14-18(17)20(25)24(22-19)16-11-7-6-8-12-16/h6-14H,3-5,15H2,1-2H3. The lowest BCUT2D eigenvalue weighted by molar-refractivity contribution is 0.0756. The van der Waals surface area contributed by atoms with E-state index in [4.69, 9.17) is 0 Å². The molecule has 0 bridgehead atoms. The highest BCUT2D eigenvalue weighted by Crippen LogP contribution is 2.17. The second-order valence-electron chi connectivity index (χ2n) is 6.19. The fourth-order valence-electron chi connectivity index (χ4n) is 2.99. The van der Waals surface area contributed by atoms with Gasteiger partial charge in [0.05, 0.1) is 11.1 Å². The normalized spacial score (nSPS) is 10.8. The maximum absolute atomic E-state index is 13.1. The highest BCUT2D eigenvalue weighted by atomic mass is 16.2. The molecule has 0 radical (unpaired) electrons. The van der Waals surface area contributed by atoms with Crippen molar-refractivity contribution in [2.24, 2.45) is 0 Å². The third-order valence-corrected chi connectivity index (χ3v) is 4.46. The Morgan fingerprint density at radius 3 is 2.31 bits per heavy atom. The molecule has 134 valence electrons. The van der Waals surface area contributed by atoms with E-state index in [1.165, 1.54) is 4.68 Å². The molecule has 26 heavy (non-hydrogen) atoms. The van der Waals surface area contributed by atoms with Crippen molar-refractivity contribution >= 4 is 16.7 Å². The molecule has 0 spiro atoms. The van der Waals surface area contributed by atoms with Gasteiger partial charge in [-0.05, 0) is 31.5 Å². The van der Waals surface area contributed by atoms with Crippen molar-refractivity contribution in [3.63, 3.8) is 0 Å². The van der Waals surface area contributed by atoms with Gasteiger partial charge in [0.2, 0.25) is 0 Å². The van der Waals surface area contributed by atoms with Crippen LogP contribution in [0.2, 0.25) is 0 Å². The summed E-state index contributed by atoms with van der Waals surface area (Å²) in [5.74, 6) is -0.137. The summed E-state index contributed by atoms with van der Waals surface area (Å²) in [4.78, 5) is 27.8. The van der Waals surface area contributed by atoms with E-state index >= 15 is 0 Å². The molecule has 0 N–H and O–H groups in total. The Morgan fingerprint density at radius 2 is 1.65 bits per heavy atom. The molecule has 1 aromatic heterocycles. The zero-order chi connectivity index (χ0) is 18.5. The maximum atomic E-state index is 13.1. The number of hydrogen-bond donors (Lipinski definition) is 0. The van der Waals surface area contributed by atoms with E-state index in [9.17, 15) is 9.59 Å². The summed E-state index contributed by atoms with van der Waals surface area (Å²) in [5.41, 5.74) is 0.746. The van der Waals surface area contributed by atoms with Gasteiger partial charge in [-0.3, -0.25) is 9.59 Å². The highest BCUT2D eigenvalue weighted by molar-refractivity contribution is 6.04. The van der Waals surface area contributed by atoms with Gasteiger partial charge in [0.15, 0.2) is 5.69 Å². The molecule has 0 aliphatic heterocycles. The Balaban J connectivity index is 2.20. The van der Waals surface area contributed by atoms with Crippen molar-refractivity contribution in [1.82, 2.24) is 14.7 Å². The first kappa shape index (κ1) is 17.9. The number of nitrogens with zero attached hydrogens (tertiary/aromatic N) is 3. The van der Waals surface area contributed by atoms with Gasteiger partial charge in [-0.2, -0.15) is 9.78 Å². The molecule has 2 aromatic carbocycles. The molecule has 0 saturated carbocycles. The van der Waals surface area contributed by atoms with Crippen LogP contribution in [0, 0.1) is 0 Å². The van der Waals surface area contributed by atoms with Gasteiger partial charge in [0.1, 0.15) is 0 Å². The Morgan fingerprint density at radius 1 is 1.00 bits per heavy atom. The number of aromatic nitrogens is 2. The minimum absolute atomic E-state index is 0.137. The van der Waals surface area contributed by atoms with Crippen LogP contribution < -0.4 is 5.56 Å². The molecular formula is C21H23N3O2. The molecule has 5 nitrogen and oxygen atoms in total. The first-order valence-electron chi connectivity index (χ1n) is 9.04. The van der Waals surface area contributed by atoms with Gasteiger partial charge < -0.3 is 4.90 Å². The van der Waals surface area contributed by atoms with Gasteiger partial charge >= 0.3 is 0 Å². The van der Waals surface area contributed by atoms with Crippen LogP contribution in [-0.4, -0.2) is 33.7 Å². The lowest BCUT2D eigenvalue weighted by Crippen LogP contribution is -2.34. The molecule has 0 aliphatic rings. The summed E-state index contributed by atoms with van der Waals surface area (Å²) < 4.78 is 1.32. The van der Waals surface area contributed by atoms with E-state index in [2.05, 4.69) is 12.0 Å². The molecule has 0 fully saturated rings. The van der Waals surface area contributed by atoms with Crippen molar-refractivity contribution in [3.8, 4) is 5.69 Å². The number of carbonyl (C=O) groups is 1. The molecule has 1 amide bonds.